The van der Waals surface area contributed by atoms with E-state index in [0.717, 1.165) is 132 Å². The zero-order chi connectivity index (χ0) is 92.6. The van der Waals surface area contributed by atoms with Crippen LogP contribution in [0.25, 0.3) is 49.8 Å². The molecule has 0 aliphatic heterocycles. The van der Waals surface area contributed by atoms with Crippen molar-refractivity contribution < 1.29 is 128 Å². The number of benzene rings is 8. The number of methoxy groups -OCH3 is 5. The number of nitrogens with one attached hydrogen (secondary N) is 1. The van der Waals surface area contributed by atoms with E-state index in [1.54, 1.807) is 48.5 Å². The summed E-state index contributed by atoms with van der Waals surface area (Å²) in [5, 5.41) is 11.1. The molecule has 17 rings (SSSR count). The van der Waals surface area contributed by atoms with Crippen molar-refractivity contribution in [1.82, 2.24) is 29.2 Å². The molecule has 674 valence electrons. The lowest BCUT2D eigenvalue weighted by atomic mass is 10.1. The van der Waals surface area contributed by atoms with E-state index in [-0.39, 0.29) is 134 Å². The third kappa shape index (κ3) is 17.9. The van der Waals surface area contributed by atoms with E-state index in [9.17, 15) is 79.2 Å². The van der Waals surface area contributed by atoms with Crippen molar-refractivity contribution >= 4 is 80.2 Å². The highest BCUT2D eigenvalue weighted by atomic mass is 32.2. The zero-order valence-corrected chi connectivity index (χ0v) is 69.3. The van der Waals surface area contributed by atoms with Gasteiger partial charge in [-0.2, -0.15) is 39.5 Å². The molecule has 0 bridgehead atoms. The second-order valence-electron chi connectivity index (χ2n) is 29.6. The first-order valence-electron chi connectivity index (χ1n) is 38.0. The molecule has 6 heterocycles. The number of aromatic nitrogens is 6. The van der Waals surface area contributed by atoms with Gasteiger partial charge in [-0.15, -0.1) is 0 Å². The van der Waals surface area contributed by atoms with Crippen LogP contribution < -0.4 is 53.7 Å². The molecule has 44 heteroatoms. The lowest BCUT2D eigenvalue weighted by Gasteiger charge is -2.23. The van der Waals surface area contributed by atoms with E-state index in [4.69, 9.17) is 32.7 Å². The van der Waals surface area contributed by atoms with E-state index in [1.807, 2.05) is 4.72 Å². The van der Waals surface area contributed by atoms with Crippen molar-refractivity contribution in [2.24, 2.45) is 17.8 Å². The van der Waals surface area contributed by atoms with Crippen LogP contribution in [-0.4, -0.2) is 109 Å². The standard InChI is InChI=1S/2C31H24F5N3O6S.C23H16F5N3O5S/c2*1-43-19-6-3-17(4-7-19)16-38(29-9-10-45-37-29)46(41,42)28-11-18-5-8-30(40)39(25(18)15-24(28)33)26-14-23(32)21(13-27(26)44-2)20-12-22(20)31(34,35)36;1-35-19-8-13(12-7-14(12)23(26,27)28)15(24)9-18(19)31-17-10-16(25)20(6-11(17)2-3-22(31)32)37(33,34)30-21-4-5-36-29-21/h2*3-11,13-15,20,22H,12,16H2,1-2H3;2-6,8-10,12,14H,7H2,1H3,(H,29,30)/t2*20-,22+;12-,14+/m100/s1. The van der Waals surface area contributed by atoms with Crippen LogP contribution in [0.1, 0.15) is 64.8 Å². The summed E-state index contributed by atoms with van der Waals surface area (Å²) in [5.41, 5.74) is -2.88. The summed E-state index contributed by atoms with van der Waals surface area (Å²) < 4.78 is 339. The predicted molar refractivity (Wildman–Crippen MR) is 432 cm³/mol. The highest BCUT2D eigenvalue weighted by molar-refractivity contribution is 7.93. The normalized spacial score (nSPS) is 16.8. The van der Waals surface area contributed by atoms with Gasteiger partial charge in [0, 0.05) is 89.0 Å². The summed E-state index contributed by atoms with van der Waals surface area (Å²) in [6.07, 6.45) is -10.9. The Balaban J connectivity index is 0.000000150. The van der Waals surface area contributed by atoms with Crippen LogP contribution in [0, 0.1) is 52.7 Å². The molecule has 0 unspecified atom stereocenters. The van der Waals surface area contributed by atoms with Crippen LogP contribution >= 0.6 is 0 Å². The second kappa shape index (κ2) is 34.4. The van der Waals surface area contributed by atoms with E-state index in [0.29, 0.717) is 22.6 Å². The van der Waals surface area contributed by atoms with Crippen LogP contribution in [0.15, 0.2) is 237 Å². The molecule has 1 N–H and O–H groups in total. The van der Waals surface area contributed by atoms with Gasteiger partial charge in [0.2, 0.25) is 0 Å². The minimum absolute atomic E-state index is 0.0787. The molecule has 129 heavy (non-hydrogen) atoms. The Labute approximate surface area is 718 Å². The van der Waals surface area contributed by atoms with Crippen LogP contribution in [0.5, 0.6) is 28.7 Å². The quantitative estimate of drug-likeness (QED) is 0.0549. The maximum absolute atomic E-state index is 15.9. The number of sulfonamides is 3. The highest BCUT2D eigenvalue weighted by Crippen LogP contribution is 2.60. The number of pyridine rings is 3. The minimum atomic E-state index is -4.65. The maximum Gasteiger partial charge on any atom is 0.392 e. The number of nitrogens with zero attached hydrogens (tertiary/aromatic N) is 8. The van der Waals surface area contributed by atoms with E-state index in [1.165, 1.54) is 71.9 Å². The Morgan fingerprint density at radius 3 is 0.969 bits per heavy atom. The summed E-state index contributed by atoms with van der Waals surface area (Å²) in [7, 11) is -7.23. The van der Waals surface area contributed by atoms with Crippen molar-refractivity contribution in [3.8, 4) is 45.8 Å². The monoisotopic (exact) mass is 1860 g/mol. The average Bonchev–Trinajstić information content (AvgIpc) is 1.74. The van der Waals surface area contributed by atoms with Crippen LogP contribution in [0.4, 0.5) is 83.3 Å². The molecule has 6 aromatic heterocycles. The molecule has 0 saturated heterocycles. The van der Waals surface area contributed by atoms with Crippen molar-refractivity contribution in [3.63, 3.8) is 0 Å². The molecule has 3 aliphatic carbocycles. The van der Waals surface area contributed by atoms with Gasteiger partial charge < -0.3 is 37.3 Å². The Bertz CT molecular complexity index is 6930. The number of halogens is 15. The highest BCUT2D eigenvalue weighted by Gasteiger charge is 2.59. The number of hydrogen-bond donors (Lipinski definition) is 1. The van der Waals surface area contributed by atoms with Gasteiger partial charge in [0.1, 0.15) is 97.1 Å². The molecule has 3 saturated carbocycles. The molecule has 0 radical (unpaired) electrons. The zero-order valence-electron chi connectivity index (χ0n) is 66.9. The summed E-state index contributed by atoms with van der Waals surface area (Å²) in [6.45, 7) is -0.510. The fourth-order valence-electron chi connectivity index (χ4n) is 15.0. The lowest BCUT2D eigenvalue weighted by molar-refractivity contribution is -0.149. The fraction of sp³-hybridized carbons (Fsp3) is 0.224. The second-order valence-corrected chi connectivity index (χ2v) is 34.9. The molecule has 14 aromatic rings. The summed E-state index contributed by atoms with van der Waals surface area (Å²) in [4.78, 5) is 36.7. The van der Waals surface area contributed by atoms with Crippen molar-refractivity contribution in [1.29, 1.82) is 0 Å². The van der Waals surface area contributed by atoms with Gasteiger partial charge in [0.25, 0.3) is 46.7 Å². The molecule has 6 atom stereocenters. The van der Waals surface area contributed by atoms with E-state index < -0.39 is 150 Å². The van der Waals surface area contributed by atoms with Gasteiger partial charge in [-0.25, -0.2) is 60.2 Å². The maximum atomic E-state index is 15.9. The lowest BCUT2D eigenvalue weighted by Crippen LogP contribution is -2.31. The predicted octanol–water partition coefficient (Wildman–Crippen LogP) is 17.4. The molecule has 26 nitrogen and oxygen atoms in total. The molecular formula is C85H64F15N9O17S3. The number of hydrogen-bond acceptors (Lipinski definition) is 20. The molecule has 8 aromatic carbocycles. The molecule has 0 spiro atoms. The summed E-state index contributed by atoms with van der Waals surface area (Å²) in [6, 6.07) is 35.0. The Morgan fingerprint density at radius 2 is 0.690 bits per heavy atom. The average molecular weight is 1860 g/mol. The van der Waals surface area contributed by atoms with Gasteiger partial charge in [-0.3, -0.25) is 32.8 Å². The molecule has 3 aliphatic rings. The molecule has 0 amide bonds. The summed E-state index contributed by atoms with van der Waals surface area (Å²) >= 11 is 0. The van der Waals surface area contributed by atoms with Crippen molar-refractivity contribution in [2.45, 2.75) is 83.3 Å². The number of anilines is 3. The largest absolute Gasteiger partial charge is 0.497 e. The number of rotatable bonds is 24. The Morgan fingerprint density at radius 1 is 0.380 bits per heavy atom. The smallest absolute Gasteiger partial charge is 0.392 e. The third-order valence-electron chi connectivity index (χ3n) is 21.7. The first kappa shape index (κ1) is 90.0. The number of ether oxygens (including phenoxy) is 5. The topological polar surface area (TPSA) is 311 Å². The van der Waals surface area contributed by atoms with Crippen LogP contribution in [0.3, 0.4) is 0 Å². The van der Waals surface area contributed by atoms with Gasteiger partial charge in [-0.05, 0) is 144 Å². The molecular weight excluding hydrogens is 1800 g/mol. The summed E-state index contributed by atoms with van der Waals surface area (Å²) in [5.74, 6) is -14.8. The van der Waals surface area contributed by atoms with E-state index >= 15 is 26.3 Å². The minimum Gasteiger partial charge on any atom is -0.497 e. The van der Waals surface area contributed by atoms with Crippen LogP contribution in [-0.2, 0) is 43.2 Å². The number of alkyl halides is 9. The molecule has 3 fully saturated rings. The van der Waals surface area contributed by atoms with Gasteiger partial charge in [0.15, 0.2) is 17.5 Å². The van der Waals surface area contributed by atoms with Gasteiger partial charge >= 0.3 is 18.5 Å². The Hall–Kier alpha value is -13.8. The Kier molecular flexibility index (Phi) is 24.0. The van der Waals surface area contributed by atoms with Crippen molar-refractivity contribution in [3.05, 3.63) is 288 Å². The SMILES string of the molecule is COc1cc([C@@H]2C[C@H]2C(F)(F)F)c(F)cc1-n1c(=O)ccc2cc(S(=O)(=O)Nc3ccon3)c(F)cc21.COc1ccc(CN(c2ccon2)S(=O)(=O)c2cc3ccc(=O)n(-c4cc(F)c([C@@H]5C[C@H]5C(F)(F)F)cc4OC)c3cc2F)cc1.COc1ccc(CN(c2ccon2)S(=O)(=O)c2cc3ccc(=O)n(-c4cc(F)c([C@H]5C[C@@H]5C(F)(F)F)cc4OC)c3cc2F)cc1. The van der Waals surface area contributed by atoms with Gasteiger partial charge in [0.05, 0.1) is 100 Å². The fourth-order valence-corrected chi connectivity index (χ4v) is 19.1. The van der Waals surface area contributed by atoms with Crippen molar-refractivity contribution in [2.75, 3.05) is 48.9 Å². The van der Waals surface area contributed by atoms with E-state index in [2.05, 4.69) is 20.0 Å². The van der Waals surface area contributed by atoms with Gasteiger partial charge in [-0.1, -0.05) is 39.7 Å². The third-order valence-corrected chi connectivity index (χ3v) is 26.6. The van der Waals surface area contributed by atoms with Crippen LogP contribution in [0.2, 0.25) is 0 Å². The number of fused-ring (bicyclic) bond motifs is 3. The first-order chi connectivity index (χ1) is 61.1. The first-order valence-corrected chi connectivity index (χ1v) is 42.4.